The first-order chi connectivity index (χ1) is 9.04. The first kappa shape index (κ1) is 13.7. The molecule has 0 spiro atoms. The Kier molecular flexibility index (Phi) is 3.98. The van der Waals surface area contributed by atoms with Gasteiger partial charge < -0.3 is 9.88 Å². The molecule has 0 bridgehead atoms. The lowest BCUT2D eigenvalue weighted by Crippen LogP contribution is -2.06. The summed E-state index contributed by atoms with van der Waals surface area (Å²) in [5, 5.41) is 12.8. The van der Waals surface area contributed by atoms with Gasteiger partial charge in [0.2, 0.25) is 0 Å². The van der Waals surface area contributed by atoms with Gasteiger partial charge in [-0.25, -0.2) is 4.39 Å². The van der Waals surface area contributed by atoms with Gasteiger partial charge in [0.1, 0.15) is 22.6 Å². The Morgan fingerprint density at radius 1 is 1.42 bits per heavy atom. The summed E-state index contributed by atoms with van der Waals surface area (Å²) in [4.78, 5) is 0. The second-order valence-corrected chi connectivity index (χ2v) is 4.73. The van der Waals surface area contributed by atoms with E-state index >= 15 is 0 Å². The van der Waals surface area contributed by atoms with E-state index in [2.05, 4.69) is 5.32 Å². The van der Waals surface area contributed by atoms with Crippen LogP contribution < -0.4 is 5.32 Å². The fourth-order valence-corrected chi connectivity index (χ4v) is 2.15. The van der Waals surface area contributed by atoms with Gasteiger partial charge in [-0.15, -0.1) is 0 Å². The average molecular weight is 298 g/mol. The molecule has 3 nitrogen and oxygen atoms in total. The molecule has 98 valence electrons. The standard InChI is InChI=1S/C13H10Cl2FN3/c1-19-8(5-10(14)13(19)15)7-18-12-4-2-3-11(16)9(12)6-17/h2-5,18H,7H2,1H3. The van der Waals surface area contributed by atoms with Gasteiger partial charge in [0, 0.05) is 12.7 Å². The van der Waals surface area contributed by atoms with Gasteiger partial charge in [-0.1, -0.05) is 29.3 Å². The first-order valence-electron chi connectivity index (χ1n) is 5.46. The quantitative estimate of drug-likeness (QED) is 0.932. The molecule has 1 aromatic carbocycles. The molecule has 0 radical (unpaired) electrons. The minimum absolute atomic E-state index is 0.00565. The molecule has 6 heteroatoms. The van der Waals surface area contributed by atoms with Crippen LogP contribution in [0.15, 0.2) is 24.3 Å². The number of hydrogen-bond acceptors (Lipinski definition) is 2. The van der Waals surface area contributed by atoms with Crippen LogP contribution >= 0.6 is 23.2 Å². The topological polar surface area (TPSA) is 40.8 Å². The Balaban J connectivity index is 2.22. The number of halogens is 3. The molecule has 19 heavy (non-hydrogen) atoms. The van der Waals surface area contributed by atoms with E-state index in [1.807, 2.05) is 6.07 Å². The van der Waals surface area contributed by atoms with Gasteiger partial charge in [0.25, 0.3) is 0 Å². The Morgan fingerprint density at radius 2 is 2.16 bits per heavy atom. The molecule has 0 unspecified atom stereocenters. The summed E-state index contributed by atoms with van der Waals surface area (Å²) in [6.45, 7) is 0.390. The van der Waals surface area contributed by atoms with Gasteiger partial charge in [-0.05, 0) is 18.2 Å². The van der Waals surface area contributed by atoms with Crippen molar-refractivity contribution in [2.45, 2.75) is 6.54 Å². The van der Waals surface area contributed by atoms with E-state index in [4.69, 9.17) is 28.5 Å². The van der Waals surface area contributed by atoms with Crippen molar-refractivity contribution < 1.29 is 4.39 Å². The van der Waals surface area contributed by atoms with E-state index in [0.29, 0.717) is 22.4 Å². The van der Waals surface area contributed by atoms with Gasteiger partial charge in [0.15, 0.2) is 0 Å². The number of anilines is 1. The highest BCUT2D eigenvalue weighted by Crippen LogP contribution is 2.26. The predicted molar refractivity (Wildman–Crippen MR) is 73.9 cm³/mol. The van der Waals surface area contributed by atoms with Crippen molar-refractivity contribution in [1.82, 2.24) is 4.57 Å². The molecule has 0 fully saturated rings. The van der Waals surface area contributed by atoms with Crippen LogP contribution in [0, 0.1) is 17.1 Å². The SMILES string of the molecule is Cn1c(CNc2cccc(F)c2C#N)cc(Cl)c1Cl. The van der Waals surface area contributed by atoms with Crippen LogP contribution in [0.1, 0.15) is 11.3 Å². The summed E-state index contributed by atoms with van der Waals surface area (Å²) in [6.07, 6.45) is 0. The molecule has 0 aliphatic rings. The molecule has 0 saturated carbocycles. The van der Waals surface area contributed by atoms with Crippen LogP contribution in [0.3, 0.4) is 0 Å². The number of aromatic nitrogens is 1. The number of hydrogen-bond donors (Lipinski definition) is 1. The van der Waals surface area contributed by atoms with E-state index in [0.717, 1.165) is 5.69 Å². The number of benzene rings is 1. The van der Waals surface area contributed by atoms with Gasteiger partial charge in [0.05, 0.1) is 17.3 Å². The molecule has 2 rings (SSSR count). The summed E-state index contributed by atoms with van der Waals surface area (Å²) in [5.74, 6) is -0.546. The van der Waals surface area contributed by atoms with Crippen molar-refractivity contribution >= 4 is 28.9 Å². The average Bonchev–Trinajstić information content (AvgIpc) is 2.64. The van der Waals surface area contributed by atoms with Gasteiger partial charge >= 0.3 is 0 Å². The molecule has 0 atom stereocenters. The fourth-order valence-electron chi connectivity index (χ4n) is 1.73. The molecule has 2 aromatic rings. The van der Waals surface area contributed by atoms with Crippen molar-refractivity contribution in [3.8, 4) is 6.07 Å². The number of nitriles is 1. The summed E-state index contributed by atoms with van der Waals surface area (Å²) in [6, 6.07) is 8.00. The zero-order valence-corrected chi connectivity index (χ0v) is 11.6. The lowest BCUT2D eigenvalue weighted by Gasteiger charge is -2.09. The highest BCUT2D eigenvalue weighted by Gasteiger charge is 2.11. The van der Waals surface area contributed by atoms with Crippen LogP contribution in [-0.4, -0.2) is 4.57 Å². The van der Waals surface area contributed by atoms with Crippen LogP contribution in [0.5, 0.6) is 0 Å². The number of nitrogens with zero attached hydrogens (tertiary/aromatic N) is 2. The molecule has 1 aromatic heterocycles. The second kappa shape index (κ2) is 5.52. The van der Waals surface area contributed by atoms with Crippen molar-refractivity contribution in [2.24, 2.45) is 7.05 Å². The molecule has 0 amide bonds. The zero-order valence-electron chi connectivity index (χ0n) is 10.0. The summed E-state index contributed by atoms with van der Waals surface area (Å²) >= 11 is 11.9. The van der Waals surface area contributed by atoms with E-state index < -0.39 is 5.82 Å². The third kappa shape index (κ3) is 2.67. The van der Waals surface area contributed by atoms with Crippen molar-refractivity contribution in [1.29, 1.82) is 5.26 Å². The van der Waals surface area contributed by atoms with Crippen molar-refractivity contribution in [2.75, 3.05) is 5.32 Å². The molecule has 1 heterocycles. The van der Waals surface area contributed by atoms with Crippen LogP contribution in [0.4, 0.5) is 10.1 Å². The van der Waals surface area contributed by atoms with Crippen molar-refractivity contribution in [3.63, 3.8) is 0 Å². The molecule has 0 saturated heterocycles. The minimum Gasteiger partial charge on any atom is -0.378 e. The van der Waals surface area contributed by atoms with E-state index in [1.165, 1.54) is 6.07 Å². The normalized spacial score (nSPS) is 10.3. The van der Waals surface area contributed by atoms with Gasteiger partial charge in [-0.3, -0.25) is 0 Å². The molecular weight excluding hydrogens is 288 g/mol. The van der Waals surface area contributed by atoms with Crippen molar-refractivity contribution in [3.05, 3.63) is 51.5 Å². The fraction of sp³-hybridized carbons (Fsp3) is 0.154. The predicted octanol–water partition coefficient (Wildman–Crippen LogP) is 3.95. The minimum atomic E-state index is -0.546. The number of rotatable bonds is 3. The Labute approximate surface area is 120 Å². The van der Waals surface area contributed by atoms with Crippen LogP contribution in [0.25, 0.3) is 0 Å². The van der Waals surface area contributed by atoms with E-state index in [1.54, 1.807) is 29.8 Å². The Morgan fingerprint density at radius 3 is 2.74 bits per heavy atom. The Hall–Kier alpha value is -1.70. The summed E-state index contributed by atoms with van der Waals surface area (Å²) < 4.78 is 15.1. The van der Waals surface area contributed by atoms with Crippen LogP contribution in [-0.2, 0) is 13.6 Å². The van der Waals surface area contributed by atoms with E-state index in [-0.39, 0.29) is 5.56 Å². The third-order valence-electron chi connectivity index (χ3n) is 2.80. The summed E-state index contributed by atoms with van der Waals surface area (Å²) in [7, 11) is 1.78. The highest BCUT2D eigenvalue weighted by molar-refractivity contribution is 6.41. The lowest BCUT2D eigenvalue weighted by atomic mass is 10.2. The molecule has 1 N–H and O–H groups in total. The smallest absolute Gasteiger partial charge is 0.143 e. The lowest BCUT2D eigenvalue weighted by molar-refractivity contribution is 0.624. The number of nitrogens with one attached hydrogen (secondary N) is 1. The molecular formula is C13H10Cl2FN3. The van der Waals surface area contributed by atoms with Gasteiger partial charge in [-0.2, -0.15) is 5.26 Å². The molecule has 0 aliphatic heterocycles. The second-order valence-electron chi connectivity index (χ2n) is 3.96. The highest BCUT2D eigenvalue weighted by atomic mass is 35.5. The monoisotopic (exact) mass is 297 g/mol. The largest absolute Gasteiger partial charge is 0.378 e. The third-order valence-corrected chi connectivity index (χ3v) is 3.64. The zero-order chi connectivity index (χ0) is 14.0. The Bertz CT molecular complexity index is 659. The molecule has 0 aliphatic carbocycles. The maximum atomic E-state index is 13.4. The summed E-state index contributed by atoms with van der Waals surface area (Å²) in [5.41, 5.74) is 1.27. The first-order valence-corrected chi connectivity index (χ1v) is 6.22. The maximum absolute atomic E-state index is 13.4. The van der Waals surface area contributed by atoms with E-state index in [9.17, 15) is 4.39 Å². The van der Waals surface area contributed by atoms with Crippen LogP contribution in [0.2, 0.25) is 10.2 Å². The maximum Gasteiger partial charge on any atom is 0.143 e.